The van der Waals surface area contributed by atoms with Gasteiger partial charge in [0.15, 0.2) is 5.82 Å². The molecule has 1 aromatic carbocycles. The van der Waals surface area contributed by atoms with Crippen molar-refractivity contribution in [1.82, 2.24) is 23.6 Å². The third-order valence-electron chi connectivity index (χ3n) is 5.04. The van der Waals surface area contributed by atoms with Crippen molar-refractivity contribution >= 4 is 10.0 Å². The molecular weight excluding hydrogens is 378 g/mol. The second-order valence-electron chi connectivity index (χ2n) is 7.05. The van der Waals surface area contributed by atoms with Crippen molar-refractivity contribution in [3.05, 3.63) is 55.0 Å². The summed E-state index contributed by atoms with van der Waals surface area (Å²) in [6.07, 6.45) is 5.35. The number of rotatable bonds is 6. The van der Waals surface area contributed by atoms with Gasteiger partial charge < -0.3 is 9.30 Å². The summed E-state index contributed by atoms with van der Waals surface area (Å²) in [6, 6.07) is 11.6. The summed E-state index contributed by atoms with van der Waals surface area (Å²) in [5.74, 6) is 0.637. The van der Waals surface area contributed by atoms with E-state index in [1.807, 2.05) is 51.8 Å². The second kappa shape index (κ2) is 7.50. The Bertz CT molecular complexity index is 1040. The van der Waals surface area contributed by atoms with E-state index in [2.05, 4.69) is 10.1 Å². The Balaban J connectivity index is 1.68. The van der Waals surface area contributed by atoms with Crippen molar-refractivity contribution in [2.24, 2.45) is 5.92 Å². The molecule has 4 rings (SSSR count). The van der Waals surface area contributed by atoms with E-state index in [0.717, 1.165) is 17.2 Å². The number of imidazole rings is 1. The maximum absolute atomic E-state index is 12.4. The molecule has 2 atom stereocenters. The molecule has 1 fully saturated rings. The topological polar surface area (TPSA) is 82.2 Å². The first-order valence-electron chi connectivity index (χ1n) is 9.08. The third kappa shape index (κ3) is 3.48. The van der Waals surface area contributed by atoms with Gasteiger partial charge in [-0.3, -0.25) is 0 Å². The number of benzene rings is 1. The summed E-state index contributed by atoms with van der Waals surface area (Å²) in [4.78, 5) is 4.54. The smallest absolute Gasteiger partial charge is 0.214 e. The number of para-hydroxylation sites is 1. The highest BCUT2D eigenvalue weighted by Crippen LogP contribution is 2.32. The maximum Gasteiger partial charge on any atom is 0.214 e. The predicted octanol–water partition coefficient (Wildman–Crippen LogP) is 1.81. The Morgan fingerprint density at radius 1 is 1.14 bits per heavy atom. The van der Waals surface area contributed by atoms with Crippen LogP contribution in [0.1, 0.15) is 6.04 Å². The Labute approximate surface area is 164 Å². The minimum Gasteiger partial charge on any atom is -0.379 e. The lowest BCUT2D eigenvalue weighted by Crippen LogP contribution is -2.32. The van der Waals surface area contributed by atoms with Crippen LogP contribution in [-0.2, 0) is 14.8 Å². The van der Waals surface area contributed by atoms with Crippen LogP contribution < -0.4 is 0 Å². The SMILES string of the molecule is CN(C)S(=O)(=O)C[C@H]1COC[C@H]1n1ccnc1-c1ccnn1-c1ccccc1. The quantitative estimate of drug-likeness (QED) is 0.629. The summed E-state index contributed by atoms with van der Waals surface area (Å²) in [5.41, 5.74) is 1.78. The van der Waals surface area contributed by atoms with Crippen molar-refractivity contribution in [2.75, 3.05) is 33.1 Å². The van der Waals surface area contributed by atoms with Crippen LogP contribution >= 0.6 is 0 Å². The summed E-state index contributed by atoms with van der Waals surface area (Å²) in [5, 5.41) is 4.44. The largest absolute Gasteiger partial charge is 0.379 e. The summed E-state index contributed by atoms with van der Waals surface area (Å²) in [6.45, 7) is 0.865. The monoisotopic (exact) mass is 401 g/mol. The molecule has 0 bridgehead atoms. The van der Waals surface area contributed by atoms with Crippen LogP contribution in [0.5, 0.6) is 0 Å². The lowest BCUT2D eigenvalue weighted by atomic mass is 10.1. The minimum absolute atomic E-state index is 0.0419. The summed E-state index contributed by atoms with van der Waals surface area (Å²) < 4.78 is 35.5. The first-order chi connectivity index (χ1) is 13.5. The summed E-state index contributed by atoms with van der Waals surface area (Å²) >= 11 is 0. The van der Waals surface area contributed by atoms with Crippen molar-refractivity contribution in [1.29, 1.82) is 0 Å². The molecule has 0 radical (unpaired) electrons. The number of nitrogens with zero attached hydrogens (tertiary/aromatic N) is 5. The summed E-state index contributed by atoms with van der Waals surface area (Å²) in [7, 11) is -0.208. The lowest BCUT2D eigenvalue weighted by Gasteiger charge is -2.22. The molecule has 1 saturated heterocycles. The molecule has 2 aromatic heterocycles. The first-order valence-corrected chi connectivity index (χ1v) is 10.7. The number of sulfonamides is 1. The van der Waals surface area contributed by atoms with Gasteiger partial charge in [-0.2, -0.15) is 5.10 Å². The Morgan fingerprint density at radius 2 is 1.93 bits per heavy atom. The van der Waals surface area contributed by atoms with Crippen molar-refractivity contribution in [3.8, 4) is 17.2 Å². The van der Waals surface area contributed by atoms with Gasteiger partial charge >= 0.3 is 0 Å². The van der Waals surface area contributed by atoms with Crippen LogP contribution in [-0.4, -0.2) is 65.1 Å². The van der Waals surface area contributed by atoms with Crippen molar-refractivity contribution < 1.29 is 13.2 Å². The molecule has 9 heteroatoms. The van der Waals surface area contributed by atoms with Gasteiger partial charge in [0.05, 0.1) is 36.9 Å². The molecule has 0 N–H and O–H groups in total. The average Bonchev–Trinajstić information content (AvgIpc) is 3.41. The molecule has 0 saturated carbocycles. The maximum atomic E-state index is 12.4. The molecule has 0 aliphatic carbocycles. The number of hydrogen-bond donors (Lipinski definition) is 0. The molecule has 8 nitrogen and oxygen atoms in total. The molecule has 28 heavy (non-hydrogen) atoms. The molecule has 0 unspecified atom stereocenters. The number of aromatic nitrogens is 4. The highest BCUT2D eigenvalue weighted by molar-refractivity contribution is 7.89. The van der Waals surface area contributed by atoms with Gasteiger partial charge in [0.25, 0.3) is 0 Å². The average molecular weight is 401 g/mol. The Hall–Kier alpha value is -2.49. The van der Waals surface area contributed by atoms with Crippen LogP contribution in [0.2, 0.25) is 0 Å². The fourth-order valence-corrected chi connectivity index (χ4v) is 4.66. The minimum atomic E-state index is -3.32. The van der Waals surface area contributed by atoms with Crippen molar-refractivity contribution in [3.63, 3.8) is 0 Å². The highest BCUT2D eigenvalue weighted by Gasteiger charge is 2.35. The number of ether oxygens (including phenoxy) is 1. The second-order valence-corrected chi connectivity index (χ2v) is 9.28. The van der Waals surface area contributed by atoms with Crippen LogP contribution in [0.15, 0.2) is 55.0 Å². The van der Waals surface area contributed by atoms with E-state index in [1.165, 1.54) is 4.31 Å². The molecule has 0 amide bonds. The fraction of sp³-hybridized carbons (Fsp3) is 0.368. The first kappa shape index (κ1) is 18.9. The van der Waals surface area contributed by atoms with Gasteiger partial charge in [-0.05, 0) is 18.2 Å². The molecular formula is C19H23N5O3S. The van der Waals surface area contributed by atoms with Crippen molar-refractivity contribution in [2.45, 2.75) is 6.04 Å². The van der Waals surface area contributed by atoms with Crippen LogP contribution in [0, 0.1) is 5.92 Å². The molecule has 3 aromatic rings. The third-order valence-corrected chi connectivity index (χ3v) is 7.01. The van der Waals surface area contributed by atoms with E-state index >= 15 is 0 Å². The van der Waals surface area contributed by atoms with Crippen LogP contribution in [0.4, 0.5) is 0 Å². The molecule has 1 aliphatic heterocycles. The van der Waals surface area contributed by atoms with Crippen LogP contribution in [0.25, 0.3) is 17.2 Å². The molecule has 0 spiro atoms. The van der Waals surface area contributed by atoms with E-state index in [9.17, 15) is 8.42 Å². The van der Waals surface area contributed by atoms with Gasteiger partial charge in [0.1, 0.15) is 5.69 Å². The van der Waals surface area contributed by atoms with E-state index in [1.54, 1.807) is 26.5 Å². The van der Waals surface area contributed by atoms with Gasteiger partial charge in [-0.1, -0.05) is 18.2 Å². The van der Waals surface area contributed by atoms with Gasteiger partial charge in [0, 0.05) is 32.4 Å². The van der Waals surface area contributed by atoms with E-state index < -0.39 is 10.0 Å². The normalized spacial score (nSPS) is 20.1. The zero-order chi connectivity index (χ0) is 19.7. The Morgan fingerprint density at radius 3 is 2.68 bits per heavy atom. The standard InChI is InChI=1S/C19H23N5O3S/c1-22(2)28(25,26)14-15-12-27-13-18(15)23-11-10-20-19(23)17-8-9-21-24(17)16-6-4-3-5-7-16/h3-11,15,18H,12-14H2,1-2H3/t15-,18-/m1/s1. The molecule has 1 aliphatic rings. The Kier molecular flexibility index (Phi) is 5.05. The van der Waals surface area contributed by atoms with Gasteiger partial charge in [-0.15, -0.1) is 0 Å². The van der Waals surface area contributed by atoms with Gasteiger partial charge in [0.2, 0.25) is 10.0 Å². The molecule has 3 heterocycles. The fourth-order valence-electron chi connectivity index (χ4n) is 3.50. The zero-order valence-electron chi connectivity index (χ0n) is 15.8. The van der Waals surface area contributed by atoms with E-state index in [4.69, 9.17) is 4.74 Å². The predicted molar refractivity (Wildman–Crippen MR) is 106 cm³/mol. The van der Waals surface area contributed by atoms with Crippen LogP contribution in [0.3, 0.4) is 0 Å². The highest BCUT2D eigenvalue weighted by atomic mass is 32.2. The zero-order valence-corrected chi connectivity index (χ0v) is 16.7. The number of hydrogen-bond acceptors (Lipinski definition) is 5. The lowest BCUT2D eigenvalue weighted by molar-refractivity contribution is 0.182. The van der Waals surface area contributed by atoms with Gasteiger partial charge in [-0.25, -0.2) is 22.4 Å². The molecule has 148 valence electrons. The van der Waals surface area contributed by atoms with E-state index in [-0.39, 0.29) is 17.7 Å². The van der Waals surface area contributed by atoms with E-state index in [0.29, 0.717) is 13.2 Å².